The molecule has 0 bridgehead atoms. The standard InChI is InChI=1S/C9H19S2.Li/c1-8(2,3)10-7-11-9(4,5)6;/h7H,1-6H3;/q-1;+1. The maximum Gasteiger partial charge on any atom is 1.00 e. The maximum absolute atomic E-state index is 2.25. The Balaban J connectivity index is 0. The van der Waals surface area contributed by atoms with Crippen LogP contribution in [0.15, 0.2) is 0 Å². The molecule has 0 radical (unpaired) electrons. The molecule has 0 atom stereocenters. The molecule has 0 aliphatic rings. The molecule has 0 amide bonds. The van der Waals surface area contributed by atoms with Crippen molar-refractivity contribution in [3.8, 4) is 0 Å². The fourth-order valence-electron chi connectivity index (χ4n) is 0.313. The summed E-state index contributed by atoms with van der Waals surface area (Å²) >= 11 is 3.80. The van der Waals surface area contributed by atoms with E-state index in [1.165, 1.54) is 0 Å². The van der Waals surface area contributed by atoms with E-state index in [9.17, 15) is 0 Å². The summed E-state index contributed by atoms with van der Waals surface area (Å²) in [6, 6.07) is 0. The van der Waals surface area contributed by atoms with Crippen LogP contribution in [0.3, 0.4) is 0 Å². The average molecular weight is 198 g/mol. The van der Waals surface area contributed by atoms with Crippen LogP contribution in [-0.4, -0.2) is 9.49 Å². The van der Waals surface area contributed by atoms with Crippen LogP contribution in [0.5, 0.6) is 0 Å². The van der Waals surface area contributed by atoms with Crippen molar-refractivity contribution in [2.45, 2.75) is 51.0 Å². The van der Waals surface area contributed by atoms with E-state index >= 15 is 0 Å². The van der Waals surface area contributed by atoms with Gasteiger partial charge >= 0.3 is 18.9 Å². The first-order chi connectivity index (χ1) is 4.71. The van der Waals surface area contributed by atoms with Gasteiger partial charge in [-0.2, -0.15) is 0 Å². The van der Waals surface area contributed by atoms with Gasteiger partial charge in [0.2, 0.25) is 0 Å². The summed E-state index contributed by atoms with van der Waals surface area (Å²) in [6.07, 6.45) is 0. The Morgan fingerprint density at radius 1 is 0.750 bits per heavy atom. The summed E-state index contributed by atoms with van der Waals surface area (Å²) in [6.45, 7) is 13.4. The molecular weight excluding hydrogens is 179 g/mol. The second kappa shape index (κ2) is 5.91. The largest absolute Gasteiger partial charge is 1.00 e. The number of hydrogen-bond acceptors (Lipinski definition) is 2. The van der Waals surface area contributed by atoms with Crippen molar-refractivity contribution >= 4 is 23.5 Å². The molecule has 0 aromatic carbocycles. The summed E-state index contributed by atoms with van der Waals surface area (Å²) in [5, 5.41) is 2.25. The zero-order valence-electron chi connectivity index (χ0n) is 9.39. The summed E-state index contributed by atoms with van der Waals surface area (Å²) in [4.78, 5) is 0. The molecule has 0 nitrogen and oxygen atoms in total. The van der Waals surface area contributed by atoms with Crippen LogP contribution in [0.1, 0.15) is 41.5 Å². The maximum atomic E-state index is 2.25. The van der Waals surface area contributed by atoms with Crippen molar-refractivity contribution in [3.05, 3.63) is 5.08 Å². The molecule has 0 saturated heterocycles. The van der Waals surface area contributed by atoms with Crippen LogP contribution in [0, 0.1) is 5.08 Å². The summed E-state index contributed by atoms with van der Waals surface area (Å²) in [5.41, 5.74) is 0. The van der Waals surface area contributed by atoms with Gasteiger partial charge in [-0.3, -0.25) is 0 Å². The van der Waals surface area contributed by atoms with Crippen molar-refractivity contribution in [2.24, 2.45) is 0 Å². The minimum Gasteiger partial charge on any atom is -0.335 e. The van der Waals surface area contributed by atoms with E-state index in [-0.39, 0.29) is 18.9 Å². The van der Waals surface area contributed by atoms with Crippen molar-refractivity contribution in [3.63, 3.8) is 0 Å². The SMILES string of the molecule is CC(C)(C)S[CH-]SC(C)(C)C.[Li+]. The smallest absolute Gasteiger partial charge is 0.335 e. The molecule has 0 aliphatic carbocycles. The van der Waals surface area contributed by atoms with Crippen molar-refractivity contribution in [1.29, 1.82) is 0 Å². The van der Waals surface area contributed by atoms with Crippen molar-refractivity contribution < 1.29 is 18.9 Å². The zero-order valence-corrected chi connectivity index (χ0v) is 11.0. The quantitative estimate of drug-likeness (QED) is 0.482. The Bertz CT molecular complexity index is 96.7. The molecular formula is C9H19LiS2. The minimum atomic E-state index is 0. The molecule has 0 heterocycles. The van der Waals surface area contributed by atoms with Crippen LogP contribution in [0.25, 0.3) is 0 Å². The van der Waals surface area contributed by atoms with Crippen LogP contribution in [0.2, 0.25) is 0 Å². The topological polar surface area (TPSA) is 0 Å². The Morgan fingerprint density at radius 2 is 1.00 bits per heavy atom. The molecule has 0 aliphatic heterocycles. The van der Waals surface area contributed by atoms with E-state index in [0.29, 0.717) is 9.49 Å². The van der Waals surface area contributed by atoms with E-state index in [1.54, 1.807) is 0 Å². The van der Waals surface area contributed by atoms with Crippen LogP contribution in [0.4, 0.5) is 0 Å². The van der Waals surface area contributed by atoms with Crippen molar-refractivity contribution in [1.82, 2.24) is 0 Å². The predicted molar refractivity (Wildman–Crippen MR) is 59.0 cm³/mol. The third-order valence-electron chi connectivity index (χ3n) is 0.803. The minimum absolute atomic E-state index is 0. The van der Waals surface area contributed by atoms with Gasteiger partial charge in [0, 0.05) is 0 Å². The Kier molecular flexibility index (Phi) is 7.76. The normalized spacial score (nSPS) is 12.5. The molecule has 0 fully saturated rings. The van der Waals surface area contributed by atoms with E-state index < -0.39 is 0 Å². The molecule has 12 heavy (non-hydrogen) atoms. The van der Waals surface area contributed by atoms with E-state index in [2.05, 4.69) is 46.6 Å². The summed E-state index contributed by atoms with van der Waals surface area (Å²) in [5.74, 6) is 0. The second-order valence-electron chi connectivity index (χ2n) is 4.56. The number of hydrogen-bond donors (Lipinski definition) is 0. The fraction of sp³-hybridized carbons (Fsp3) is 0.889. The van der Waals surface area contributed by atoms with Gasteiger partial charge in [0.15, 0.2) is 0 Å². The van der Waals surface area contributed by atoms with Gasteiger partial charge < -0.3 is 23.5 Å². The molecule has 0 aromatic rings. The van der Waals surface area contributed by atoms with Gasteiger partial charge in [-0.1, -0.05) is 41.5 Å². The first-order valence-electron chi connectivity index (χ1n) is 3.88. The molecule has 0 unspecified atom stereocenters. The first kappa shape index (κ1) is 15.8. The first-order valence-corrected chi connectivity index (χ1v) is 5.64. The van der Waals surface area contributed by atoms with Gasteiger partial charge in [0.25, 0.3) is 0 Å². The fourth-order valence-corrected chi connectivity index (χ4v) is 2.81. The average Bonchev–Trinajstić information content (AvgIpc) is 1.55. The van der Waals surface area contributed by atoms with E-state index in [4.69, 9.17) is 0 Å². The third-order valence-corrected chi connectivity index (χ3v) is 2.99. The van der Waals surface area contributed by atoms with E-state index in [1.807, 2.05) is 23.5 Å². The Morgan fingerprint density at radius 3 is 1.17 bits per heavy atom. The second-order valence-corrected chi connectivity index (χ2v) is 8.25. The molecule has 68 valence electrons. The molecule has 0 saturated carbocycles. The third kappa shape index (κ3) is 13.9. The van der Waals surface area contributed by atoms with Gasteiger partial charge in [-0.05, 0) is 9.49 Å². The number of thioether (sulfide) groups is 2. The monoisotopic (exact) mass is 198 g/mol. The van der Waals surface area contributed by atoms with Crippen molar-refractivity contribution in [2.75, 3.05) is 0 Å². The zero-order chi connectivity index (χ0) is 9.12. The summed E-state index contributed by atoms with van der Waals surface area (Å²) in [7, 11) is 0. The van der Waals surface area contributed by atoms with Crippen LogP contribution in [-0.2, 0) is 0 Å². The van der Waals surface area contributed by atoms with Gasteiger partial charge in [-0.15, -0.1) is 0 Å². The van der Waals surface area contributed by atoms with Gasteiger partial charge in [0.05, 0.1) is 0 Å². The molecule has 0 aromatic heterocycles. The Hall–Kier alpha value is 1.30. The molecule has 3 heteroatoms. The van der Waals surface area contributed by atoms with Crippen LogP contribution >= 0.6 is 23.5 Å². The van der Waals surface area contributed by atoms with E-state index in [0.717, 1.165) is 0 Å². The summed E-state index contributed by atoms with van der Waals surface area (Å²) < 4.78 is 0.719. The van der Waals surface area contributed by atoms with Crippen LogP contribution < -0.4 is 18.9 Å². The molecule has 0 spiro atoms. The Labute approximate surface area is 98.2 Å². The van der Waals surface area contributed by atoms with Gasteiger partial charge in [0.1, 0.15) is 0 Å². The number of rotatable bonds is 2. The predicted octanol–water partition coefficient (Wildman–Crippen LogP) is 1.17. The van der Waals surface area contributed by atoms with Gasteiger partial charge in [-0.25, -0.2) is 5.08 Å². The molecule has 0 rings (SSSR count). The molecule has 0 N–H and O–H groups in total.